The van der Waals surface area contributed by atoms with E-state index in [1.165, 1.54) is 22.3 Å². The average Bonchev–Trinajstić information content (AvgIpc) is 3.11. The van der Waals surface area contributed by atoms with Crippen molar-refractivity contribution in [1.82, 2.24) is 5.32 Å². The number of nitrogens with one attached hydrogen (secondary N) is 1. The van der Waals surface area contributed by atoms with Crippen LogP contribution < -0.4 is 11.1 Å². The number of alkyl carbamates (subject to hydrolysis) is 1. The van der Waals surface area contributed by atoms with Crippen LogP contribution in [0.3, 0.4) is 0 Å². The Morgan fingerprint density at radius 2 is 1.71 bits per heavy atom. The molecule has 1 aliphatic carbocycles. The van der Waals surface area contributed by atoms with E-state index in [1.807, 2.05) is 31.2 Å². The van der Waals surface area contributed by atoms with E-state index in [0.717, 1.165) is 11.1 Å². The summed E-state index contributed by atoms with van der Waals surface area (Å²) < 4.78 is 5.52. The summed E-state index contributed by atoms with van der Waals surface area (Å²) in [6.07, 6.45) is 0.0502. The number of carbonyl (C=O) groups excluding carboxylic acids is 1. The van der Waals surface area contributed by atoms with Crippen molar-refractivity contribution in [1.29, 1.82) is 0 Å². The topological polar surface area (TPSA) is 64.3 Å². The Kier molecular flexibility index (Phi) is 6.16. The lowest BCUT2D eigenvalue weighted by Crippen LogP contribution is -2.26. The van der Waals surface area contributed by atoms with Crippen molar-refractivity contribution in [2.24, 2.45) is 0 Å². The molecule has 0 aromatic heterocycles. The molecule has 4 nitrogen and oxygen atoms in total. The minimum absolute atomic E-state index is 0.0499. The second-order valence-electron chi connectivity index (χ2n) is 7.45. The number of nitrogen functional groups attached to an aromatic ring is 1. The molecular weight excluding hydrogens is 408 g/mol. The Bertz CT molecular complexity index is 1150. The van der Waals surface area contributed by atoms with E-state index in [-0.39, 0.29) is 5.92 Å². The van der Waals surface area contributed by atoms with E-state index < -0.39 is 6.09 Å². The van der Waals surface area contributed by atoms with Crippen LogP contribution in [0.25, 0.3) is 11.1 Å². The molecule has 3 aromatic carbocycles. The van der Waals surface area contributed by atoms with Gasteiger partial charge in [0.2, 0.25) is 0 Å². The molecule has 0 fully saturated rings. The molecule has 4 rings (SSSR count). The number of benzene rings is 3. The zero-order chi connectivity index (χ0) is 21.8. The monoisotopic (exact) mass is 430 g/mol. The minimum Gasteiger partial charge on any atom is -0.449 e. The summed E-state index contributed by atoms with van der Waals surface area (Å²) in [6, 6.07) is 20.1. The van der Waals surface area contributed by atoms with Gasteiger partial charge in [-0.2, -0.15) is 0 Å². The van der Waals surface area contributed by atoms with Gasteiger partial charge in [-0.3, -0.25) is 0 Å². The average molecular weight is 431 g/mol. The van der Waals surface area contributed by atoms with E-state index >= 15 is 0 Å². The lowest BCUT2D eigenvalue weighted by Gasteiger charge is -2.14. The highest BCUT2D eigenvalue weighted by molar-refractivity contribution is 6.32. The summed E-state index contributed by atoms with van der Waals surface area (Å²) in [5, 5.41) is 3.33. The second kappa shape index (κ2) is 9.16. The first-order valence-corrected chi connectivity index (χ1v) is 10.6. The Morgan fingerprint density at radius 3 is 2.39 bits per heavy atom. The molecule has 31 heavy (non-hydrogen) atoms. The third-order valence-electron chi connectivity index (χ3n) is 5.51. The van der Waals surface area contributed by atoms with Crippen LogP contribution in [-0.2, 0) is 4.74 Å². The number of rotatable bonds is 4. The van der Waals surface area contributed by atoms with E-state index in [1.54, 1.807) is 12.1 Å². The number of amides is 1. The molecule has 156 valence electrons. The number of nitrogens with two attached hydrogens (primary N) is 1. The van der Waals surface area contributed by atoms with Gasteiger partial charge in [-0.05, 0) is 46.9 Å². The van der Waals surface area contributed by atoms with Crippen LogP contribution in [0.2, 0.25) is 5.02 Å². The summed E-state index contributed by atoms with van der Waals surface area (Å²) in [6.45, 7) is 2.56. The molecule has 0 atom stereocenters. The Hall–Kier alpha value is -3.42. The molecule has 5 heteroatoms. The van der Waals surface area contributed by atoms with E-state index in [2.05, 4.69) is 41.4 Å². The molecule has 3 aromatic rings. The van der Waals surface area contributed by atoms with E-state index in [4.69, 9.17) is 22.1 Å². The predicted molar refractivity (Wildman–Crippen MR) is 125 cm³/mol. The van der Waals surface area contributed by atoms with Crippen LogP contribution >= 0.6 is 11.6 Å². The Morgan fingerprint density at radius 1 is 1.06 bits per heavy atom. The molecule has 0 spiro atoms. The third-order valence-corrected chi connectivity index (χ3v) is 6.00. The quantitative estimate of drug-likeness (QED) is 0.326. The van der Waals surface area contributed by atoms with Crippen molar-refractivity contribution in [2.45, 2.75) is 19.3 Å². The largest absolute Gasteiger partial charge is 0.449 e. The molecule has 0 radical (unpaired) electrons. The van der Waals surface area contributed by atoms with E-state index in [9.17, 15) is 4.79 Å². The van der Waals surface area contributed by atoms with Crippen molar-refractivity contribution in [3.05, 3.63) is 87.9 Å². The highest BCUT2D eigenvalue weighted by Gasteiger charge is 2.28. The van der Waals surface area contributed by atoms with Crippen LogP contribution in [0.15, 0.2) is 60.7 Å². The van der Waals surface area contributed by atoms with Crippen molar-refractivity contribution >= 4 is 23.4 Å². The van der Waals surface area contributed by atoms with Crippen LogP contribution in [0.5, 0.6) is 0 Å². The molecule has 0 unspecified atom stereocenters. The smallest absolute Gasteiger partial charge is 0.407 e. The van der Waals surface area contributed by atoms with Gasteiger partial charge in [-0.15, -0.1) is 0 Å². The van der Waals surface area contributed by atoms with Gasteiger partial charge in [0, 0.05) is 30.1 Å². The maximum atomic E-state index is 12.2. The normalized spacial score (nSPS) is 11.8. The fourth-order valence-corrected chi connectivity index (χ4v) is 4.05. The SMILES string of the molecule is Cc1c(N)ccc(C#CCCNC(=O)OCC2c3ccccc3-c3ccccc32)c1Cl. The summed E-state index contributed by atoms with van der Waals surface area (Å²) in [5.74, 6) is 6.10. The van der Waals surface area contributed by atoms with Gasteiger partial charge < -0.3 is 15.8 Å². The van der Waals surface area contributed by atoms with Crippen LogP contribution in [0, 0.1) is 18.8 Å². The fraction of sp³-hybridized carbons (Fsp3) is 0.192. The van der Waals surface area contributed by atoms with Gasteiger partial charge >= 0.3 is 6.09 Å². The van der Waals surface area contributed by atoms with Crippen LogP contribution in [-0.4, -0.2) is 19.2 Å². The Labute approximate surface area is 187 Å². The first-order valence-electron chi connectivity index (χ1n) is 10.2. The lowest BCUT2D eigenvalue weighted by atomic mass is 9.98. The van der Waals surface area contributed by atoms with Gasteiger partial charge in [-0.25, -0.2) is 4.79 Å². The second-order valence-corrected chi connectivity index (χ2v) is 7.82. The standard InChI is InChI=1S/C26H23ClN2O2/c1-17-24(28)14-13-18(25(17)27)8-6-7-15-29-26(30)31-16-23-21-11-4-2-9-19(21)20-10-3-5-12-22(20)23/h2-5,9-14,23H,7,15-16,28H2,1H3,(H,29,30). The molecule has 3 N–H and O–H groups in total. The van der Waals surface area contributed by atoms with Crippen molar-refractivity contribution in [3.63, 3.8) is 0 Å². The Balaban J connectivity index is 1.30. The fourth-order valence-electron chi connectivity index (χ4n) is 3.83. The summed E-state index contributed by atoms with van der Waals surface area (Å²) in [4.78, 5) is 12.2. The lowest BCUT2D eigenvalue weighted by molar-refractivity contribution is 0.143. The number of hydrogen-bond donors (Lipinski definition) is 2. The van der Waals surface area contributed by atoms with Crippen molar-refractivity contribution < 1.29 is 9.53 Å². The van der Waals surface area contributed by atoms with Crippen LogP contribution in [0.4, 0.5) is 10.5 Å². The van der Waals surface area contributed by atoms with Crippen molar-refractivity contribution in [2.75, 3.05) is 18.9 Å². The van der Waals surface area contributed by atoms with Gasteiger partial charge in [0.25, 0.3) is 0 Å². The van der Waals surface area contributed by atoms with Crippen molar-refractivity contribution in [3.8, 4) is 23.0 Å². The maximum Gasteiger partial charge on any atom is 0.407 e. The summed E-state index contributed by atoms with van der Waals surface area (Å²) >= 11 is 6.26. The molecule has 0 saturated carbocycles. The molecule has 0 aliphatic heterocycles. The van der Waals surface area contributed by atoms with Gasteiger partial charge in [0.05, 0.1) is 5.02 Å². The van der Waals surface area contributed by atoms with Gasteiger partial charge in [0.15, 0.2) is 0 Å². The first kappa shape index (κ1) is 20.8. The van der Waals surface area contributed by atoms with Gasteiger partial charge in [-0.1, -0.05) is 72.0 Å². The first-order chi connectivity index (χ1) is 15.1. The van der Waals surface area contributed by atoms with Crippen LogP contribution in [0.1, 0.15) is 34.6 Å². The molecule has 0 saturated heterocycles. The maximum absolute atomic E-state index is 12.2. The molecule has 1 amide bonds. The summed E-state index contributed by atoms with van der Waals surface area (Å²) in [7, 11) is 0. The van der Waals surface area contributed by atoms with E-state index in [0.29, 0.717) is 30.3 Å². The number of anilines is 1. The summed E-state index contributed by atoms with van der Waals surface area (Å²) in [5.41, 5.74) is 12.8. The number of ether oxygens (including phenoxy) is 1. The molecule has 1 aliphatic rings. The zero-order valence-electron chi connectivity index (χ0n) is 17.2. The highest BCUT2D eigenvalue weighted by Crippen LogP contribution is 2.44. The number of hydrogen-bond acceptors (Lipinski definition) is 3. The zero-order valence-corrected chi connectivity index (χ0v) is 18.0. The molecule has 0 bridgehead atoms. The van der Waals surface area contributed by atoms with Gasteiger partial charge in [0.1, 0.15) is 6.61 Å². The minimum atomic E-state index is -0.440. The predicted octanol–water partition coefficient (Wildman–Crippen LogP) is 5.51. The molecule has 0 heterocycles. The number of fused-ring (bicyclic) bond motifs is 3. The molecular formula is C26H23ClN2O2. The highest BCUT2D eigenvalue weighted by atomic mass is 35.5. The number of halogens is 1. The number of carbonyl (C=O) groups is 1. The third kappa shape index (κ3) is 4.38.